The van der Waals surface area contributed by atoms with Crippen LogP contribution in [0.15, 0.2) is 18.2 Å². The Kier molecular flexibility index (Phi) is 5.79. The highest BCUT2D eigenvalue weighted by molar-refractivity contribution is 6.39. The van der Waals surface area contributed by atoms with Crippen LogP contribution in [0.3, 0.4) is 0 Å². The summed E-state index contributed by atoms with van der Waals surface area (Å²) in [5.74, 6) is -3.86. The molecule has 120 valence electrons. The number of benzene rings is 1. The molecule has 1 aromatic rings. The summed E-state index contributed by atoms with van der Waals surface area (Å²) < 4.78 is 31.0. The lowest BCUT2D eigenvalue weighted by Gasteiger charge is -2.26. The summed E-state index contributed by atoms with van der Waals surface area (Å²) in [6.07, 6.45) is 0. The van der Waals surface area contributed by atoms with Crippen LogP contribution in [-0.2, 0) is 14.3 Å². The summed E-state index contributed by atoms with van der Waals surface area (Å²) in [4.78, 5) is 25.3. The number of morpholine rings is 1. The highest BCUT2D eigenvalue weighted by atomic mass is 19.2. The molecule has 2 N–H and O–H groups in total. The molecule has 0 aliphatic carbocycles. The van der Waals surface area contributed by atoms with Crippen LogP contribution in [0, 0.1) is 11.6 Å². The lowest BCUT2D eigenvalue weighted by atomic mass is 10.3. The van der Waals surface area contributed by atoms with E-state index in [4.69, 9.17) is 4.74 Å². The van der Waals surface area contributed by atoms with Crippen molar-refractivity contribution in [1.82, 2.24) is 10.2 Å². The van der Waals surface area contributed by atoms with Crippen LogP contribution >= 0.6 is 0 Å². The number of halogens is 2. The van der Waals surface area contributed by atoms with Crippen molar-refractivity contribution >= 4 is 17.5 Å². The van der Waals surface area contributed by atoms with E-state index in [0.717, 1.165) is 25.2 Å². The second-order valence-corrected chi connectivity index (χ2v) is 4.79. The predicted octanol–water partition coefficient (Wildman–Crippen LogP) is 0.352. The van der Waals surface area contributed by atoms with E-state index in [2.05, 4.69) is 15.5 Å². The molecule has 8 heteroatoms. The summed E-state index contributed by atoms with van der Waals surface area (Å²) in [6.45, 7) is 3.83. The van der Waals surface area contributed by atoms with Crippen LogP contribution < -0.4 is 10.6 Å². The SMILES string of the molecule is O=C(NCCN1CCOCC1)C(=O)Nc1ccc(F)c(F)c1. The van der Waals surface area contributed by atoms with Crippen molar-refractivity contribution in [1.29, 1.82) is 0 Å². The first-order valence-corrected chi connectivity index (χ1v) is 6.90. The number of hydrogen-bond acceptors (Lipinski definition) is 4. The Hall–Kier alpha value is -2.06. The number of amides is 2. The summed E-state index contributed by atoms with van der Waals surface area (Å²) in [7, 11) is 0. The van der Waals surface area contributed by atoms with E-state index in [1.165, 1.54) is 6.07 Å². The molecule has 22 heavy (non-hydrogen) atoms. The third kappa shape index (κ3) is 4.74. The van der Waals surface area contributed by atoms with Crippen molar-refractivity contribution < 1.29 is 23.1 Å². The van der Waals surface area contributed by atoms with Gasteiger partial charge in [0.15, 0.2) is 11.6 Å². The second-order valence-electron chi connectivity index (χ2n) is 4.79. The van der Waals surface area contributed by atoms with Crippen molar-refractivity contribution in [2.45, 2.75) is 0 Å². The zero-order chi connectivity index (χ0) is 15.9. The van der Waals surface area contributed by atoms with Gasteiger partial charge in [0.25, 0.3) is 0 Å². The molecule has 1 aliphatic heterocycles. The van der Waals surface area contributed by atoms with Crippen LogP contribution in [0.1, 0.15) is 0 Å². The van der Waals surface area contributed by atoms with Crippen LogP contribution in [0.4, 0.5) is 14.5 Å². The van der Waals surface area contributed by atoms with Crippen molar-refractivity contribution in [3.8, 4) is 0 Å². The number of ether oxygens (including phenoxy) is 1. The molecular weight excluding hydrogens is 296 g/mol. The van der Waals surface area contributed by atoms with Gasteiger partial charge in [-0.2, -0.15) is 0 Å². The first-order valence-electron chi connectivity index (χ1n) is 6.90. The Morgan fingerprint density at radius 3 is 2.55 bits per heavy atom. The van der Waals surface area contributed by atoms with Gasteiger partial charge in [-0.1, -0.05) is 0 Å². The van der Waals surface area contributed by atoms with Crippen molar-refractivity contribution in [2.75, 3.05) is 44.7 Å². The third-order valence-electron chi connectivity index (χ3n) is 3.20. The van der Waals surface area contributed by atoms with Gasteiger partial charge in [-0.05, 0) is 12.1 Å². The van der Waals surface area contributed by atoms with E-state index in [1.807, 2.05) is 0 Å². The molecule has 1 aliphatic rings. The largest absolute Gasteiger partial charge is 0.379 e. The molecule has 0 aromatic heterocycles. The molecule has 6 nitrogen and oxygen atoms in total. The summed E-state index contributed by atoms with van der Waals surface area (Å²) >= 11 is 0. The Morgan fingerprint density at radius 1 is 1.14 bits per heavy atom. The van der Waals surface area contributed by atoms with Gasteiger partial charge in [0, 0.05) is 37.9 Å². The molecule has 0 unspecified atom stereocenters. The van der Waals surface area contributed by atoms with Crippen LogP contribution in [0.5, 0.6) is 0 Å². The molecule has 1 fully saturated rings. The average Bonchev–Trinajstić information content (AvgIpc) is 2.52. The molecule has 2 rings (SSSR count). The molecule has 0 bridgehead atoms. The van der Waals surface area contributed by atoms with Gasteiger partial charge in [0.05, 0.1) is 13.2 Å². The molecule has 0 saturated carbocycles. The maximum absolute atomic E-state index is 13.0. The maximum Gasteiger partial charge on any atom is 0.313 e. The summed E-state index contributed by atoms with van der Waals surface area (Å²) in [5.41, 5.74) is 0.0206. The van der Waals surface area contributed by atoms with E-state index >= 15 is 0 Å². The number of nitrogens with zero attached hydrogens (tertiary/aromatic N) is 1. The van der Waals surface area contributed by atoms with Crippen molar-refractivity contribution in [3.63, 3.8) is 0 Å². The van der Waals surface area contributed by atoms with E-state index < -0.39 is 23.4 Å². The zero-order valence-corrected chi connectivity index (χ0v) is 11.9. The smallest absolute Gasteiger partial charge is 0.313 e. The van der Waals surface area contributed by atoms with E-state index in [-0.39, 0.29) is 5.69 Å². The average molecular weight is 313 g/mol. The molecule has 1 heterocycles. The molecule has 1 saturated heterocycles. The molecule has 0 spiro atoms. The quantitative estimate of drug-likeness (QED) is 0.787. The topological polar surface area (TPSA) is 70.7 Å². The lowest BCUT2D eigenvalue weighted by molar-refractivity contribution is -0.136. The van der Waals surface area contributed by atoms with Gasteiger partial charge < -0.3 is 15.4 Å². The summed E-state index contributed by atoms with van der Waals surface area (Å²) in [5, 5.41) is 4.68. The Bertz CT molecular complexity index is 548. The first-order chi connectivity index (χ1) is 10.6. The fraction of sp³-hybridized carbons (Fsp3) is 0.429. The highest BCUT2D eigenvalue weighted by Crippen LogP contribution is 2.12. The third-order valence-corrected chi connectivity index (χ3v) is 3.20. The maximum atomic E-state index is 13.0. The van der Waals surface area contributed by atoms with Crippen LogP contribution in [0.25, 0.3) is 0 Å². The van der Waals surface area contributed by atoms with Gasteiger partial charge in [0.1, 0.15) is 0 Å². The minimum Gasteiger partial charge on any atom is -0.379 e. The van der Waals surface area contributed by atoms with E-state index in [0.29, 0.717) is 26.3 Å². The molecular formula is C14H17F2N3O3. The highest BCUT2D eigenvalue weighted by Gasteiger charge is 2.15. The number of carbonyl (C=O) groups is 2. The number of rotatable bonds is 4. The van der Waals surface area contributed by atoms with Gasteiger partial charge in [-0.3, -0.25) is 14.5 Å². The Morgan fingerprint density at radius 2 is 1.86 bits per heavy atom. The standard InChI is InChI=1S/C14H17F2N3O3/c15-11-2-1-10(9-12(11)16)18-14(21)13(20)17-3-4-19-5-7-22-8-6-19/h1-2,9H,3-8H2,(H,17,20)(H,18,21). The Balaban J connectivity index is 1.74. The fourth-order valence-corrected chi connectivity index (χ4v) is 1.99. The van der Waals surface area contributed by atoms with Gasteiger partial charge in [0.2, 0.25) is 0 Å². The first kappa shape index (κ1) is 16.3. The van der Waals surface area contributed by atoms with Crippen molar-refractivity contribution in [2.24, 2.45) is 0 Å². The normalized spacial score (nSPS) is 15.4. The fourth-order valence-electron chi connectivity index (χ4n) is 1.99. The molecule has 0 radical (unpaired) electrons. The van der Waals surface area contributed by atoms with Crippen LogP contribution in [0.2, 0.25) is 0 Å². The van der Waals surface area contributed by atoms with E-state index in [1.54, 1.807) is 0 Å². The number of hydrogen-bond donors (Lipinski definition) is 2. The van der Waals surface area contributed by atoms with Crippen LogP contribution in [-0.4, -0.2) is 56.1 Å². The van der Waals surface area contributed by atoms with Gasteiger partial charge in [-0.25, -0.2) is 8.78 Å². The number of anilines is 1. The molecule has 1 aromatic carbocycles. The molecule has 0 atom stereocenters. The van der Waals surface area contributed by atoms with Gasteiger partial charge in [-0.15, -0.1) is 0 Å². The monoisotopic (exact) mass is 313 g/mol. The number of carbonyl (C=O) groups excluding carboxylic acids is 2. The van der Waals surface area contributed by atoms with E-state index in [9.17, 15) is 18.4 Å². The molecule has 2 amide bonds. The minimum atomic E-state index is -1.09. The van der Waals surface area contributed by atoms with Crippen molar-refractivity contribution in [3.05, 3.63) is 29.8 Å². The zero-order valence-electron chi connectivity index (χ0n) is 11.9. The Labute approximate surface area is 126 Å². The summed E-state index contributed by atoms with van der Waals surface area (Å²) in [6, 6.07) is 2.87. The minimum absolute atomic E-state index is 0.0206. The van der Waals surface area contributed by atoms with Gasteiger partial charge >= 0.3 is 11.8 Å². The number of nitrogens with one attached hydrogen (secondary N) is 2. The second kappa shape index (κ2) is 7.81. The predicted molar refractivity (Wildman–Crippen MR) is 75.3 cm³/mol. The lowest BCUT2D eigenvalue weighted by Crippen LogP contribution is -2.43.